The number of hydrogen-bond donors (Lipinski definition) is 2. The Morgan fingerprint density at radius 2 is 1.85 bits per heavy atom. The molecule has 3 N–H and O–H groups in total. The number of thioether (sulfide) groups is 1. The first-order chi connectivity index (χ1) is 12.6. The lowest BCUT2D eigenvalue weighted by Crippen LogP contribution is -2.47. The van der Waals surface area contributed by atoms with Gasteiger partial charge in [0.05, 0.1) is 11.8 Å². The molecular weight excluding hydrogens is 348 g/mol. The summed E-state index contributed by atoms with van der Waals surface area (Å²) in [6.45, 7) is 0. The van der Waals surface area contributed by atoms with Crippen LogP contribution in [0.3, 0.4) is 0 Å². The summed E-state index contributed by atoms with van der Waals surface area (Å²) < 4.78 is 1.54. The van der Waals surface area contributed by atoms with Gasteiger partial charge in [0.2, 0.25) is 11.1 Å². The molecule has 0 spiro atoms. The molecule has 3 rings (SSSR count). The standard InChI is InChI=1S/C18H28N6OS/c19-13-18(10-6-1-2-7-11-18)21-15(25)12-26-17-23-22-16(24(17)20)14-8-4-3-5-9-14/h14H,1-12,20H2,(H,21,25). The fourth-order valence-electron chi connectivity index (χ4n) is 4.06. The number of rotatable bonds is 5. The first-order valence-corrected chi connectivity index (χ1v) is 10.7. The van der Waals surface area contributed by atoms with Crippen LogP contribution in [0.15, 0.2) is 5.16 Å². The molecule has 1 aromatic heterocycles. The molecule has 26 heavy (non-hydrogen) atoms. The molecule has 7 nitrogen and oxygen atoms in total. The molecule has 2 saturated carbocycles. The highest BCUT2D eigenvalue weighted by atomic mass is 32.2. The predicted octanol–water partition coefficient (Wildman–Crippen LogP) is 2.86. The average Bonchev–Trinajstić information content (AvgIpc) is 2.88. The van der Waals surface area contributed by atoms with Crippen molar-refractivity contribution in [3.8, 4) is 6.07 Å². The van der Waals surface area contributed by atoms with Crippen molar-refractivity contribution in [3.05, 3.63) is 5.82 Å². The van der Waals surface area contributed by atoms with E-state index in [1.54, 1.807) is 4.68 Å². The number of nitrogen functional groups attached to an aromatic ring is 1. The number of carbonyl (C=O) groups is 1. The molecule has 1 heterocycles. The van der Waals surface area contributed by atoms with Crippen LogP contribution in [0.2, 0.25) is 0 Å². The molecule has 0 saturated heterocycles. The van der Waals surface area contributed by atoms with E-state index in [9.17, 15) is 10.1 Å². The van der Waals surface area contributed by atoms with Gasteiger partial charge in [-0.2, -0.15) is 5.26 Å². The predicted molar refractivity (Wildman–Crippen MR) is 101 cm³/mol. The molecular formula is C18H28N6OS. The van der Waals surface area contributed by atoms with E-state index < -0.39 is 5.54 Å². The van der Waals surface area contributed by atoms with Gasteiger partial charge in [-0.1, -0.05) is 56.7 Å². The zero-order valence-electron chi connectivity index (χ0n) is 15.2. The Hall–Kier alpha value is -1.75. The first kappa shape index (κ1) is 19.0. The number of nitriles is 1. The van der Waals surface area contributed by atoms with Crippen LogP contribution in [-0.2, 0) is 4.79 Å². The second-order valence-electron chi connectivity index (χ2n) is 7.49. The minimum absolute atomic E-state index is 0.138. The summed E-state index contributed by atoms with van der Waals surface area (Å²) in [6, 6.07) is 2.35. The van der Waals surface area contributed by atoms with Crippen LogP contribution in [-0.4, -0.2) is 32.1 Å². The molecule has 2 fully saturated rings. The molecule has 2 aliphatic rings. The molecule has 0 atom stereocenters. The minimum atomic E-state index is -0.711. The van der Waals surface area contributed by atoms with Gasteiger partial charge in [0.25, 0.3) is 0 Å². The van der Waals surface area contributed by atoms with Crippen molar-refractivity contribution in [1.82, 2.24) is 20.2 Å². The highest BCUT2D eigenvalue weighted by Gasteiger charge is 2.32. The Morgan fingerprint density at radius 3 is 2.50 bits per heavy atom. The quantitative estimate of drug-likeness (QED) is 0.464. The van der Waals surface area contributed by atoms with Crippen molar-refractivity contribution in [2.75, 3.05) is 11.6 Å². The highest BCUT2D eigenvalue weighted by Crippen LogP contribution is 2.32. The fraction of sp³-hybridized carbons (Fsp3) is 0.778. The van der Waals surface area contributed by atoms with Gasteiger partial charge >= 0.3 is 0 Å². The van der Waals surface area contributed by atoms with Crippen molar-refractivity contribution in [2.24, 2.45) is 0 Å². The molecule has 1 aromatic rings. The van der Waals surface area contributed by atoms with E-state index >= 15 is 0 Å². The number of nitrogens with one attached hydrogen (secondary N) is 1. The Balaban J connectivity index is 1.56. The van der Waals surface area contributed by atoms with Crippen molar-refractivity contribution >= 4 is 17.7 Å². The Kier molecular flexibility index (Phi) is 6.41. The summed E-state index contributed by atoms with van der Waals surface area (Å²) in [5, 5.41) is 21.5. The smallest absolute Gasteiger partial charge is 0.231 e. The van der Waals surface area contributed by atoms with Crippen molar-refractivity contribution in [2.45, 2.75) is 87.2 Å². The van der Waals surface area contributed by atoms with E-state index in [4.69, 9.17) is 5.84 Å². The number of nitrogens with zero attached hydrogens (tertiary/aromatic N) is 4. The van der Waals surface area contributed by atoms with Gasteiger partial charge in [-0.05, 0) is 25.7 Å². The summed E-state index contributed by atoms with van der Waals surface area (Å²) in [6.07, 6.45) is 11.6. The molecule has 142 valence electrons. The Labute approximate surface area is 159 Å². The van der Waals surface area contributed by atoms with E-state index in [1.165, 1.54) is 31.0 Å². The molecule has 0 aromatic carbocycles. The van der Waals surface area contributed by atoms with Crippen LogP contribution in [0.4, 0.5) is 0 Å². The van der Waals surface area contributed by atoms with E-state index in [-0.39, 0.29) is 11.7 Å². The molecule has 0 aliphatic heterocycles. The summed E-state index contributed by atoms with van der Waals surface area (Å²) in [5.41, 5.74) is -0.711. The van der Waals surface area contributed by atoms with E-state index in [1.807, 2.05) is 0 Å². The summed E-state index contributed by atoms with van der Waals surface area (Å²) in [5.74, 6) is 7.42. The number of carbonyl (C=O) groups excluding carboxylic acids is 1. The Morgan fingerprint density at radius 1 is 1.19 bits per heavy atom. The van der Waals surface area contributed by atoms with Crippen molar-refractivity contribution in [1.29, 1.82) is 5.26 Å². The average molecular weight is 377 g/mol. The highest BCUT2D eigenvalue weighted by molar-refractivity contribution is 7.99. The fourth-order valence-corrected chi connectivity index (χ4v) is 4.72. The SMILES string of the molecule is N#CC1(NC(=O)CSc2nnc(C3CCCCC3)n2N)CCCCCC1. The van der Waals surface area contributed by atoms with Crippen molar-refractivity contribution < 1.29 is 4.79 Å². The summed E-state index contributed by atoms with van der Waals surface area (Å²) >= 11 is 1.29. The number of hydrogen-bond acceptors (Lipinski definition) is 6. The normalized spacial score (nSPS) is 20.9. The van der Waals surface area contributed by atoms with Gasteiger partial charge in [-0.3, -0.25) is 4.79 Å². The zero-order valence-corrected chi connectivity index (χ0v) is 16.1. The number of nitrogens with two attached hydrogens (primary N) is 1. The third-order valence-corrected chi connectivity index (χ3v) is 6.49. The lowest BCUT2D eigenvalue weighted by atomic mass is 9.89. The van der Waals surface area contributed by atoms with Gasteiger partial charge in [-0.25, -0.2) is 4.68 Å². The number of amides is 1. The Bertz CT molecular complexity index is 653. The van der Waals surface area contributed by atoms with Gasteiger partial charge < -0.3 is 11.2 Å². The second kappa shape index (κ2) is 8.76. The van der Waals surface area contributed by atoms with Crippen LogP contribution in [0.25, 0.3) is 0 Å². The molecule has 1 amide bonds. The van der Waals surface area contributed by atoms with Crippen LogP contribution < -0.4 is 11.2 Å². The van der Waals surface area contributed by atoms with E-state index in [0.29, 0.717) is 11.1 Å². The van der Waals surface area contributed by atoms with Crippen LogP contribution in [0, 0.1) is 11.3 Å². The maximum absolute atomic E-state index is 12.4. The van der Waals surface area contributed by atoms with Crippen LogP contribution >= 0.6 is 11.8 Å². The van der Waals surface area contributed by atoms with Crippen LogP contribution in [0.5, 0.6) is 0 Å². The monoisotopic (exact) mass is 376 g/mol. The van der Waals surface area contributed by atoms with E-state index in [2.05, 4.69) is 21.6 Å². The molecule has 0 unspecified atom stereocenters. The third kappa shape index (κ3) is 4.50. The molecule has 8 heteroatoms. The van der Waals surface area contributed by atoms with Gasteiger partial charge in [0.1, 0.15) is 5.54 Å². The second-order valence-corrected chi connectivity index (χ2v) is 8.43. The molecule has 0 radical (unpaired) electrons. The maximum atomic E-state index is 12.4. The van der Waals surface area contributed by atoms with Crippen LogP contribution in [0.1, 0.15) is 82.4 Å². The van der Waals surface area contributed by atoms with Gasteiger partial charge in [0, 0.05) is 5.92 Å². The third-order valence-electron chi connectivity index (χ3n) is 5.54. The summed E-state index contributed by atoms with van der Waals surface area (Å²) in [4.78, 5) is 12.4. The lowest BCUT2D eigenvalue weighted by molar-refractivity contribution is -0.120. The zero-order chi connectivity index (χ0) is 18.4. The number of aromatic nitrogens is 3. The van der Waals surface area contributed by atoms with E-state index in [0.717, 1.165) is 57.2 Å². The largest absolute Gasteiger partial charge is 0.337 e. The first-order valence-electron chi connectivity index (χ1n) is 9.69. The maximum Gasteiger partial charge on any atom is 0.231 e. The lowest BCUT2D eigenvalue weighted by Gasteiger charge is -2.26. The summed E-state index contributed by atoms with van der Waals surface area (Å²) in [7, 11) is 0. The molecule has 2 aliphatic carbocycles. The van der Waals surface area contributed by atoms with Crippen molar-refractivity contribution in [3.63, 3.8) is 0 Å². The molecule has 0 bridgehead atoms. The van der Waals surface area contributed by atoms with Gasteiger partial charge in [0.15, 0.2) is 5.82 Å². The van der Waals surface area contributed by atoms with Gasteiger partial charge in [-0.15, -0.1) is 10.2 Å². The minimum Gasteiger partial charge on any atom is -0.337 e. The topological polar surface area (TPSA) is 110 Å².